The minimum Gasteiger partial charge on any atom is -0.481 e. The summed E-state index contributed by atoms with van der Waals surface area (Å²) >= 11 is 3.15. The van der Waals surface area contributed by atoms with Crippen LogP contribution < -0.4 is 0 Å². The van der Waals surface area contributed by atoms with E-state index in [0.717, 1.165) is 43.8 Å². The first-order valence-electron chi connectivity index (χ1n) is 10.7. The van der Waals surface area contributed by atoms with E-state index in [0.29, 0.717) is 11.6 Å². The van der Waals surface area contributed by atoms with Crippen molar-refractivity contribution in [1.29, 1.82) is 0 Å². The summed E-state index contributed by atoms with van der Waals surface area (Å²) < 4.78 is 1.96. The minimum absolute atomic E-state index is 0.162. The number of nitrogens with zero attached hydrogens (tertiary/aromatic N) is 6. The van der Waals surface area contributed by atoms with Gasteiger partial charge in [-0.3, -0.25) is 14.4 Å². The van der Waals surface area contributed by atoms with Crippen LogP contribution in [0.5, 0.6) is 0 Å². The monoisotopic (exact) mass is 490 g/mol. The Bertz CT molecular complexity index is 1440. The first-order chi connectivity index (χ1) is 16.4. The molecular weight excluding hydrogens is 468 g/mol. The Hall–Kier alpha value is -3.37. The molecule has 1 aliphatic rings. The fourth-order valence-electron chi connectivity index (χ4n) is 4.09. The van der Waals surface area contributed by atoms with Gasteiger partial charge in [0.1, 0.15) is 16.9 Å². The highest BCUT2D eigenvalue weighted by Gasteiger charge is 2.32. The normalized spacial score (nSPS) is 14.8. The molecule has 0 saturated carbocycles. The third-order valence-corrected chi connectivity index (χ3v) is 7.63. The van der Waals surface area contributed by atoms with Crippen LogP contribution in [0.3, 0.4) is 0 Å². The molecule has 1 atom stereocenters. The molecule has 0 saturated heterocycles. The van der Waals surface area contributed by atoms with Gasteiger partial charge >= 0.3 is 5.97 Å². The lowest BCUT2D eigenvalue weighted by molar-refractivity contribution is -0.137. The van der Waals surface area contributed by atoms with Gasteiger partial charge in [-0.15, -0.1) is 21.5 Å². The zero-order chi connectivity index (χ0) is 24.0. The molecular formula is C24H22N6O2S2. The second kappa shape index (κ2) is 8.77. The molecule has 5 rings (SSSR count). The number of fused-ring (bicyclic) bond motifs is 3. The first-order valence-corrected chi connectivity index (χ1v) is 12.7. The molecule has 0 fully saturated rings. The van der Waals surface area contributed by atoms with Gasteiger partial charge in [0.2, 0.25) is 0 Å². The van der Waals surface area contributed by atoms with Crippen molar-refractivity contribution in [2.75, 3.05) is 6.26 Å². The number of hydrogen-bond donors (Lipinski definition) is 1. The second-order valence-electron chi connectivity index (χ2n) is 8.00. The van der Waals surface area contributed by atoms with Gasteiger partial charge < -0.3 is 5.11 Å². The van der Waals surface area contributed by atoms with Crippen molar-refractivity contribution in [3.8, 4) is 16.3 Å². The predicted molar refractivity (Wildman–Crippen MR) is 133 cm³/mol. The molecule has 0 amide bonds. The molecule has 8 nitrogen and oxygen atoms in total. The van der Waals surface area contributed by atoms with E-state index in [9.17, 15) is 9.90 Å². The molecule has 10 heteroatoms. The third kappa shape index (κ3) is 3.82. The molecule has 1 aliphatic heterocycles. The molecule has 0 aliphatic carbocycles. The van der Waals surface area contributed by atoms with Gasteiger partial charge in [-0.05, 0) is 38.7 Å². The fraction of sp³-hybridized carbons (Fsp3) is 0.250. The van der Waals surface area contributed by atoms with Crippen LogP contribution in [0.4, 0.5) is 0 Å². The zero-order valence-corrected chi connectivity index (χ0v) is 20.7. The number of thiophene rings is 1. The second-order valence-corrected chi connectivity index (χ2v) is 9.98. The van der Waals surface area contributed by atoms with Crippen LogP contribution in [0.25, 0.3) is 16.3 Å². The van der Waals surface area contributed by atoms with Gasteiger partial charge in [-0.2, -0.15) is 0 Å². The van der Waals surface area contributed by atoms with Crippen LogP contribution in [0.15, 0.2) is 46.7 Å². The minimum atomic E-state index is -0.929. The van der Waals surface area contributed by atoms with Crippen LogP contribution in [0, 0.1) is 20.8 Å². The molecule has 4 aromatic rings. The molecule has 3 aromatic heterocycles. The molecule has 0 bridgehead atoms. The van der Waals surface area contributed by atoms with Gasteiger partial charge in [-0.1, -0.05) is 36.0 Å². The highest BCUT2D eigenvalue weighted by Crippen LogP contribution is 2.39. The van der Waals surface area contributed by atoms with Crippen LogP contribution >= 0.6 is 23.1 Å². The molecule has 172 valence electrons. The van der Waals surface area contributed by atoms with E-state index in [-0.39, 0.29) is 6.42 Å². The molecule has 1 N–H and O–H groups in total. The number of hydrogen-bond acceptors (Lipinski definition) is 8. The van der Waals surface area contributed by atoms with E-state index in [4.69, 9.17) is 4.99 Å². The smallest absolute Gasteiger partial charge is 0.306 e. The van der Waals surface area contributed by atoms with Crippen molar-refractivity contribution in [3.05, 3.63) is 69.7 Å². The van der Waals surface area contributed by atoms with Gasteiger partial charge in [0.15, 0.2) is 11.0 Å². The van der Waals surface area contributed by atoms with Crippen molar-refractivity contribution < 1.29 is 9.90 Å². The number of carbonyl (C=O) groups is 1. The number of aryl methyl sites for hydroxylation is 2. The number of benzene rings is 1. The van der Waals surface area contributed by atoms with E-state index >= 15 is 0 Å². The molecule has 34 heavy (non-hydrogen) atoms. The van der Waals surface area contributed by atoms with Crippen molar-refractivity contribution in [3.63, 3.8) is 0 Å². The molecule has 0 spiro atoms. The predicted octanol–water partition coefficient (Wildman–Crippen LogP) is 4.80. The highest BCUT2D eigenvalue weighted by atomic mass is 32.2. The average Bonchev–Trinajstić information content (AvgIpc) is 3.31. The maximum Gasteiger partial charge on any atom is 0.306 e. The van der Waals surface area contributed by atoms with E-state index in [2.05, 4.69) is 34.0 Å². The first kappa shape index (κ1) is 22.4. The summed E-state index contributed by atoms with van der Waals surface area (Å²) in [5, 5.41) is 19.8. The molecule has 0 radical (unpaired) electrons. The number of aliphatic imine (C=N–C) groups is 1. The van der Waals surface area contributed by atoms with Gasteiger partial charge in [0.05, 0.1) is 17.8 Å². The largest absolute Gasteiger partial charge is 0.481 e. The van der Waals surface area contributed by atoms with Crippen LogP contribution in [0.1, 0.15) is 45.7 Å². The topological polar surface area (TPSA) is 106 Å². The summed E-state index contributed by atoms with van der Waals surface area (Å²) in [5.41, 5.74) is 5.63. The highest BCUT2D eigenvalue weighted by molar-refractivity contribution is 7.98. The maximum absolute atomic E-state index is 11.7. The van der Waals surface area contributed by atoms with Gasteiger partial charge in [0.25, 0.3) is 0 Å². The SMILES string of the molecule is CSc1nccc(-c2ccc(C3=N[C@@H](CC(=O)O)c4nnc(C)n4-c4sc(C)c(C)c43)cc2)n1. The lowest BCUT2D eigenvalue weighted by atomic mass is 9.98. The van der Waals surface area contributed by atoms with E-state index in [1.165, 1.54) is 16.6 Å². The quantitative estimate of drug-likeness (QED) is 0.316. The summed E-state index contributed by atoms with van der Waals surface area (Å²) in [5.74, 6) is 0.342. The van der Waals surface area contributed by atoms with E-state index < -0.39 is 12.0 Å². The van der Waals surface area contributed by atoms with Crippen molar-refractivity contribution >= 4 is 34.8 Å². The average molecular weight is 491 g/mol. The third-order valence-electron chi connectivity index (χ3n) is 5.88. The van der Waals surface area contributed by atoms with Crippen LogP contribution in [-0.4, -0.2) is 47.8 Å². The van der Waals surface area contributed by atoms with Gasteiger partial charge in [0, 0.05) is 27.8 Å². The molecule has 1 aromatic carbocycles. The number of carboxylic acid groups (broad SMARTS) is 1. The summed E-state index contributed by atoms with van der Waals surface area (Å²) in [4.78, 5) is 26.7. The summed E-state index contributed by atoms with van der Waals surface area (Å²) in [6.45, 7) is 6.05. The van der Waals surface area contributed by atoms with Crippen LogP contribution in [0.2, 0.25) is 0 Å². The van der Waals surface area contributed by atoms with E-state index in [1.807, 2.05) is 48.1 Å². The Kier molecular flexibility index (Phi) is 5.78. The Balaban J connectivity index is 1.66. The lowest BCUT2D eigenvalue weighted by Gasteiger charge is -2.11. The summed E-state index contributed by atoms with van der Waals surface area (Å²) in [6.07, 6.45) is 3.55. The Morgan fingerprint density at radius 3 is 2.56 bits per heavy atom. The zero-order valence-electron chi connectivity index (χ0n) is 19.1. The van der Waals surface area contributed by atoms with Gasteiger partial charge in [-0.25, -0.2) is 9.97 Å². The van der Waals surface area contributed by atoms with Crippen molar-refractivity contribution in [2.24, 2.45) is 4.99 Å². The molecule has 4 heterocycles. The number of aromatic nitrogens is 5. The summed E-state index contributed by atoms with van der Waals surface area (Å²) in [7, 11) is 0. The van der Waals surface area contributed by atoms with E-state index in [1.54, 1.807) is 17.5 Å². The van der Waals surface area contributed by atoms with Crippen LogP contribution in [-0.2, 0) is 4.79 Å². The number of thioether (sulfide) groups is 1. The Labute approximate surface area is 204 Å². The maximum atomic E-state index is 11.7. The fourth-order valence-corrected chi connectivity index (χ4v) is 5.66. The lowest BCUT2D eigenvalue weighted by Crippen LogP contribution is -2.10. The number of aliphatic carboxylic acids is 1. The summed E-state index contributed by atoms with van der Waals surface area (Å²) in [6, 6.07) is 9.31. The standard InChI is InChI=1S/C24H22N6O2S2/c1-12-13(2)34-23-20(12)21(26-18(11-19(31)32)22-29-28-14(3)30(22)23)16-7-5-15(6-8-16)17-9-10-25-24(27-17)33-4/h5-10,18H,11H2,1-4H3,(H,31,32)/t18-/m0/s1. The number of rotatable bonds is 5. The number of carboxylic acids is 1. The van der Waals surface area contributed by atoms with Crippen molar-refractivity contribution in [1.82, 2.24) is 24.7 Å². The Morgan fingerprint density at radius 2 is 1.85 bits per heavy atom. The van der Waals surface area contributed by atoms with Crippen molar-refractivity contribution in [2.45, 2.75) is 38.4 Å². The molecule has 0 unspecified atom stereocenters. The Morgan fingerprint density at radius 1 is 1.12 bits per heavy atom.